The average molecular weight is 288 g/mol. The van der Waals surface area contributed by atoms with Crippen LogP contribution in [-0.4, -0.2) is 46.4 Å². The van der Waals surface area contributed by atoms with Crippen molar-refractivity contribution in [3.8, 4) is 0 Å². The molecule has 7 nitrogen and oxygen atoms in total. The van der Waals surface area contributed by atoms with Gasteiger partial charge in [0.2, 0.25) is 0 Å². The van der Waals surface area contributed by atoms with Crippen molar-refractivity contribution in [3.63, 3.8) is 0 Å². The van der Waals surface area contributed by atoms with E-state index in [1.165, 1.54) is 12.1 Å². The molecule has 0 aliphatic heterocycles. The summed E-state index contributed by atoms with van der Waals surface area (Å²) in [7, 11) is 0. The van der Waals surface area contributed by atoms with E-state index in [2.05, 4.69) is 15.5 Å². The highest BCUT2D eigenvalue weighted by molar-refractivity contribution is 6.29. The lowest BCUT2D eigenvalue weighted by Crippen LogP contribution is -2.35. The van der Waals surface area contributed by atoms with Gasteiger partial charge in [-0.1, -0.05) is 11.6 Å². The molecule has 1 heterocycles. The maximum atomic E-state index is 11.7. The van der Waals surface area contributed by atoms with Crippen LogP contribution in [0.25, 0.3) is 0 Å². The highest BCUT2D eigenvalue weighted by Gasteiger charge is 2.15. The summed E-state index contributed by atoms with van der Waals surface area (Å²) < 4.78 is 5.21. The van der Waals surface area contributed by atoms with Gasteiger partial charge in [-0.2, -0.15) is 0 Å². The van der Waals surface area contributed by atoms with Crippen LogP contribution in [0.1, 0.15) is 23.8 Å². The summed E-state index contributed by atoms with van der Waals surface area (Å²) in [6.07, 6.45) is -0.757. The zero-order valence-corrected chi connectivity index (χ0v) is 11.1. The van der Waals surface area contributed by atoms with Crippen molar-refractivity contribution in [2.24, 2.45) is 0 Å². The molecule has 1 aromatic heterocycles. The Kier molecular flexibility index (Phi) is 6.17. The quantitative estimate of drug-likeness (QED) is 0.767. The van der Waals surface area contributed by atoms with E-state index in [0.29, 0.717) is 6.61 Å². The molecule has 1 amide bonds. The second-order valence-corrected chi connectivity index (χ2v) is 4.01. The number of nitrogens with zero attached hydrogens (tertiary/aromatic N) is 2. The number of carboxylic acids is 1. The molecule has 0 aliphatic carbocycles. The molecule has 0 saturated heterocycles. The van der Waals surface area contributed by atoms with Crippen LogP contribution in [0.2, 0.25) is 5.15 Å². The molecule has 8 heteroatoms. The molecule has 1 atom stereocenters. The van der Waals surface area contributed by atoms with E-state index < -0.39 is 18.0 Å². The summed E-state index contributed by atoms with van der Waals surface area (Å²) >= 11 is 5.55. The molecule has 2 N–H and O–H groups in total. The minimum absolute atomic E-state index is 0.0866. The van der Waals surface area contributed by atoms with Crippen LogP contribution >= 0.6 is 11.6 Å². The number of carbonyl (C=O) groups is 2. The van der Waals surface area contributed by atoms with E-state index in [-0.39, 0.29) is 23.8 Å². The third kappa shape index (κ3) is 5.62. The highest BCUT2D eigenvalue weighted by atomic mass is 35.5. The number of aliphatic carboxylic acids is 1. The van der Waals surface area contributed by atoms with Crippen molar-refractivity contribution in [2.45, 2.75) is 19.4 Å². The third-order valence-corrected chi connectivity index (χ3v) is 2.36. The molecule has 19 heavy (non-hydrogen) atoms. The van der Waals surface area contributed by atoms with Gasteiger partial charge in [0.15, 0.2) is 10.8 Å². The van der Waals surface area contributed by atoms with Gasteiger partial charge in [0, 0.05) is 13.2 Å². The Morgan fingerprint density at radius 1 is 1.47 bits per heavy atom. The molecule has 1 unspecified atom stereocenters. The molecule has 1 aromatic rings. The topological polar surface area (TPSA) is 101 Å². The van der Waals surface area contributed by atoms with Gasteiger partial charge < -0.3 is 15.2 Å². The summed E-state index contributed by atoms with van der Waals surface area (Å²) in [5.41, 5.74) is 0.106. The van der Waals surface area contributed by atoms with Crippen LogP contribution in [0.4, 0.5) is 0 Å². The average Bonchev–Trinajstić information content (AvgIpc) is 2.36. The smallest absolute Gasteiger partial charge is 0.306 e. The van der Waals surface area contributed by atoms with Gasteiger partial charge in [-0.3, -0.25) is 9.59 Å². The van der Waals surface area contributed by atoms with Crippen molar-refractivity contribution in [1.29, 1.82) is 0 Å². The highest BCUT2D eigenvalue weighted by Crippen LogP contribution is 2.03. The van der Waals surface area contributed by atoms with Crippen LogP contribution in [0, 0.1) is 0 Å². The largest absolute Gasteiger partial charge is 0.481 e. The van der Waals surface area contributed by atoms with Gasteiger partial charge in [-0.25, -0.2) is 0 Å². The molecule has 0 saturated carbocycles. The van der Waals surface area contributed by atoms with Gasteiger partial charge in [0.05, 0.1) is 12.5 Å². The van der Waals surface area contributed by atoms with E-state index in [9.17, 15) is 9.59 Å². The number of aromatic nitrogens is 2. The van der Waals surface area contributed by atoms with E-state index in [4.69, 9.17) is 21.4 Å². The van der Waals surface area contributed by atoms with Crippen molar-refractivity contribution in [1.82, 2.24) is 15.5 Å². The fourth-order valence-electron chi connectivity index (χ4n) is 1.35. The molecule has 0 aromatic carbocycles. The predicted molar refractivity (Wildman–Crippen MR) is 67.0 cm³/mol. The molecule has 0 fully saturated rings. The molecule has 0 spiro atoms. The maximum absolute atomic E-state index is 11.7. The minimum Gasteiger partial charge on any atom is -0.481 e. The fraction of sp³-hybridized carbons (Fsp3) is 0.455. The molecule has 1 rings (SSSR count). The molecular formula is C11H14ClN3O4. The number of carboxylic acid groups (broad SMARTS) is 1. The predicted octanol–water partition coefficient (Wildman–Crippen LogP) is 0.740. The van der Waals surface area contributed by atoms with Crippen molar-refractivity contribution < 1.29 is 19.4 Å². The van der Waals surface area contributed by atoms with Crippen LogP contribution in [-0.2, 0) is 9.53 Å². The molecule has 104 valence electrons. The number of ether oxygens (including phenoxy) is 1. The number of carbonyl (C=O) groups excluding carboxylic acids is 1. The van der Waals surface area contributed by atoms with Crippen LogP contribution in [0.15, 0.2) is 12.1 Å². The normalized spacial score (nSPS) is 11.9. The lowest BCUT2D eigenvalue weighted by atomic mass is 10.2. The Morgan fingerprint density at radius 3 is 2.74 bits per heavy atom. The molecule has 0 radical (unpaired) electrons. The van der Waals surface area contributed by atoms with E-state index in [1.54, 1.807) is 6.92 Å². The monoisotopic (exact) mass is 287 g/mol. The first-order valence-corrected chi connectivity index (χ1v) is 6.01. The zero-order valence-electron chi connectivity index (χ0n) is 10.3. The van der Waals surface area contributed by atoms with Gasteiger partial charge >= 0.3 is 5.97 Å². The number of hydrogen-bond acceptors (Lipinski definition) is 5. The zero-order chi connectivity index (χ0) is 14.3. The van der Waals surface area contributed by atoms with E-state index in [1.807, 2.05) is 0 Å². The lowest BCUT2D eigenvalue weighted by molar-refractivity contribution is -0.140. The van der Waals surface area contributed by atoms with Crippen molar-refractivity contribution >= 4 is 23.5 Å². The first kappa shape index (κ1) is 15.3. The maximum Gasteiger partial charge on any atom is 0.306 e. The number of hydrogen-bond donors (Lipinski definition) is 2. The minimum atomic E-state index is -0.987. The summed E-state index contributed by atoms with van der Waals surface area (Å²) in [6, 6.07) is 2.87. The van der Waals surface area contributed by atoms with Crippen LogP contribution in [0.3, 0.4) is 0 Å². The second-order valence-electron chi connectivity index (χ2n) is 3.63. The van der Waals surface area contributed by atoms with Crippen LogP contribution in [0.5, 0.6) is 0 Å². The van der Waals surface area contributed by atoms with Crippen molar-refractivity contribution in [2.75, 3.05) is 13.2 Å². The number of rotatable bonds is 7. The first-order valence-electron chi connectivity index (χ1n) is 5.63. The number of halogens is 1. The van der Waals surface area contributed by atoms with Crippen molar-refractivity contribution in [3.05, 3.63) is 23.0 Å². The number of nitrogens with one attached hydrogen (secondary N) is 1. The van der Waals surface area contributed by atoms with Gasteiger partial charge in [-0.05, 0) is 19.1 Å². The summed E-state index contributed by atoms with van der Waals surface area (Å²) in [4.78, 5) is 22.3. The fourth-order valence-corrected chi connectivity index (χ4v) is 1.46. The van der Waals surface area contributed by atoms with Gasteiger partial charge in [0.25, 0.3) is 5.91 Å². The third-order valence-electron chi connectivity index (χ3n) is 2.16. The molecular weight excluding hydrogens is 274 g/mol. The standard InChI is InChI=1S/C11H14ClN3O4/c1-2-19-7(5-10(16)17)6-13-11(18)8-3-4-9(12)15-14-8/h3-4,7H,2,5-6H2,1H3,(H,13,18)(H,16,17). The van der Waals surface area contributed by atoms with E-state index in [0.717, 1.165) is 0 Å². The summed E-state index contributed by atoms with van der Waals surface area (Å²) in [5, 5.41) is 18.6. The van der Waals surface area contributed by atoms with Crippen LogP contribution < -0.4 is 5.32 Å². The molecule has 0 aliphatic rings. The lowest BCUT2D eigenvalue weighted by Gasteiger charge is -2.15. The Bertz CT molecular complexity index is 438. The van der Waals surface area contributed by atoms with Gasteiger partial charge in [-0.15, -0.1) is 10.2 Å². The second kappa shape index (κ2) is 7.65. The van der Waals surface area contributed by atoms with E-state index >= 15 is 0 Å². The summed E-state index contributed by atoms with van der Waals surface area (Å²) in [5.74, 6) is -1.45. The first-order chi connectivity index (χ1) is 9.02. The Morgan fingerprint density at radius 2 is 2.21 bits per heavy atom. The summed E-state index contributed by atoms with van der Waals surface area (Å²) in [6.45, 7) is 2.21. The SMILES string of the molecule is CCOC(CNC(=O)c1ccc(Cl)nn1)CC(=O)O. The Labute approximate surface area is 114 Å². The molecule has 0 bridgehead atoms. The van der Waals surface area contributed by atoms with Gasteiger partial charge in [0.1, 0.15) is 0 Å². The number of amides is 1. The Hall–Kier alpha value is -1.73. The Balaban J connectivity index is 2.51.